The van der Waals surface area contributed by atoms with Crippen molar-refractivity contribution in [1.29, 1.82) is 5.26 Å². The first-order valence-electron chi connectivity index (χ1n) is 5.84. The molecule has 0 spiro atoms. The van der Waals surface area contributed by atoms with E-state index in [2.05, 4.69) is 0 Å². The van der Waals surface area contributed by atoms with E-state index in [1.54, 1.807) is 32.0 Å². The van der Waals surface area contributed by atoms with Gasteiger partial charge in [-0.25, -0.2) is 4.79 Å². The van der Waals surface area contributed by atoms with Crippen LogP contribution in [-0.4, -0.2) is 18.4 Å². The molecule has 0 N–H and O–H groups in total. The Morgan fingerprint density at radius 3 is 2.61 bits per heavy atom. The minimum absolute atomic E-state index is 0.105. The van der Waals surface area contributed by atoms with Crippen LogP contribution in [0.15, 0.2) is 18.2 Å². The zero-order chi connectivity index (χ0) is 13.5. The zero-order valence-corrected chi connectivity index (χ0v) is 10.5. The van der Waals surface area contributed by atoms with Crippen molar-refractivity contribution in [3.63, 3.8) is 0 Å². The van der Waals surface area contributed by atoms with Crippen LogP contribution in [0.4, 0.5) is 0 Å². The van der Waals surface area contributed by atoms with Crippen molar-refractivity contribution in [3.05, 3.63) is 34.9 Å². The first-order valence-corrected chi connectivity index (χ1v) is 5.84. The molecule has 4 nitrogen and oxygen atoms in total. The SMILES string of the molecule is CCOC(=O)c1cccc(CC#N)c1C(=O)CC. The highest BCUT2D eigenvalue weighted by Crippen LogP contribution is 2.19. The summed E-state index contributed by atoms with van der Waals surface area (Å²) >= 11 is 0. The molecule has 0 amide bonds. The molecule has 0 atom stereocenters. The van der Waals surface area contributed by atoms with Crippen molar-refractivity contribution in [1.82, 2.24) is 0 Å². The fourth-order valence-corrected chi connectivity index (χ4v) is 1.72. The highest BCUT2D eigenvalue weighted by molar-refractivity contribution is 6.07. The van der Waals surface area contributed by atoms with Crippen LogP contribution in [0.25, 0.3) is 0 Å². The van der Waals surface area contributed by atoms with Crippen molar-refractivity contribution < 1.29 is 14.3 Å². The van der Waals surface area contributed by atoms with Gasteiger partial charge in [-0.15, -0.1) is 0 Å². The second-order valence-corrected chi connectivity index (χ2v) is 3.67. The largest absolute Gasteiger partial charge is 0.462 e. The van der Waals surface area contributed by atoms with Gasteiger partial charge in [0.2, 0.25) is 0 Å². The maximum absolute atomic E-state index is 11.9. The van der Waals surface area contributed by atoms with E-state index in [4.69, 9.17) is 10.00 Å². The Bertz CT molecular complexity index is 500. The Hall–Kier alpha value is -2.15. The van der Waals surface area contributed by atoms with Gasteiger partial charge in [-0.1, -0.05) is 19.1 Å². The van der Waals surface area contributed by atoms with Gasteiger partial charge in [-0.2, -0.15) is 5.26 Å². The molecule has 0 saturated heterocycles. The van der Waals surface area contributed by atoms with Crippen molar-refractivity contribution >= 4 is 11.8 Å². The molecule has 1 rings (SSSR count). The lowest BCUT2D eigenvalue weighted by molar-refractivity contribution is 0.0523. The van der Waals surface area contributed by atoms with E-state index < -0.39 is 5.97 Å². The van der Waals surface area contributed by atoms with E-state index in [0.29, 0.717) is 11.1 Å². The van der Waals surface area contributed by atoms with E-state index in [1.807, 2.05) is 6.07 Å². The molecule has 4 heteroatoms. The number of carbonyl (C=O) groups excluding carboxylic acids is 2. The van der Waals surface area contributed by atoms with Crippen LogP contribution in [0.2, 0.25) is 0 Å². The quantitative estimate of drug-likeness (QED) is 0.590. The normalized spacial score (nSPS) is 9.61. The zero-order valence-electron chi connectivity index (χ0n) is 10.5. The summed E-state index contributed by atoms with van der Waals surface area (Å²) in [6.07, 6.45) is 0.392. The third-order valence-corrected chi connectivity index (χ3v) is 2.52. The lowest BCUT2D eigenvalue weighted by atomic mass is 9.94. The van der Waals surface area contributed by atoms with Crippen LogP contribution in [0.5, 0.6) is 0 Å². The number of hydrogen-bond donors (Lipinski definition) is 0. The van der Waals surface area contributed by atoms with Crippen LogP contribution >= 0.6 is 0 Å². The summed E-state index contributed by atoms with van der Waals surface area (Å²) in [5.41, 5.74) is 1.14. The molecule has 0 radical (unpaired) electrons. The molecular formula is C14H15NO3. The van der Waals surface area contributed by atoms with Crippen molar-refractivity contribution in [2.45, 2.75) is 26.7 Å². The highest BCUT2D eigenvalue weighted by atomic mass is 16.5. The number of benzene rings is 1. The van der Waals surface area contributed by atoms with Crippen LogP contribution < -0.4 is 0 Å². The van der Waals surface area contributed by atoms with Gasteiger partial charge in [0.05, 0.1) is 24.7 Å². The summed E-state index contributed by atoms with van der Waals surface area (Å²) < 4.78 is 4.92. The molecule has 0 heterocycles. The number of esters is 1. The number of ketones is 1. The summed E-state index contributed by atoms with van der Waals surface area (Å²) in [7, 11) is 0. The number of hydrogen-bond acceptors (Lipinski definition) is 4. The maximum atomic E-state index is 11.9. The van der Waals surface area contributed by atoms with Crippen LogP contribution in [0.1, 0.15) is 46.5 Å². The summed E-state index contributed by atoms with van der Waals surface area (Å²) in [6, 6.07) is 6.90. The predicted molar refractivity (Wildman–Crippen MR) is 66.3 cm³/mol. The minimum atomic E-state index is -0.519. The maximum Gasteiger partial charge on any atom is 0.338 e. The first-order chi connectivity index (χ1) is 8.65. The number of carbonyl (C=O) groups is 2. The second kappa shape index (κ2) is 6.55. The van der Waals surface area contributed by atoms with Gasteiger partial charge >= 0.3 is 5.97 Å². The van der Waals surface area contributed by atoms with E-state index in [0.717, 1.165) is 0 Å². The van der Waals surface area contributed by atoms with Gasteiger partial charge in [0, 0.05) is 12.0 Å². The average molecular weight is 245 g/mol. The van der Waals surface area contributed by atoms with Gasteiger partial charge in [-0.05, 0) is 18.6 Å². The Balaban J connectivity index is 3.33. The summed E-state index contributed by atoms with van der Waals surface area (Å²) in [5, 5.41) is 8.75. The van der Waals surface area contributed by atoms with Gasteiger partial charge in [0.25, 0.3) is 0 Å². The molecule has 94 valence electrons. The molecule has 0 aromatic heterocycles. The van der Waals surface area contributed by atoms with E-state index in [9.17, 15) is 9.59 Å². The predicted octanol–water partition coefficient (Wildman–Crippen LogP) is 2.52. The van der Waals surface area contributed by atoms with E-state index in [-0.39, 0.29) is 30.8 Å². The first kappa shape index (κ1) is 13.9. The Labute approximate surface area is 106 Å². The van der Waals surface area contributed by atoms with Crippen molar-refractivity contribution in [3.8, 4) is 6.07 Å². The van der Waals surface area contributed by atoms with Crippen molar-refractivity contribution in [2.24, 2.45) is 0 Å². The molecule has 0 aliphatic heterocycles. The molecule has 0 aliphatic carbocycles. The number of ether oxygens (including phenoxy) is 1. The third-order valence-electron chi connectivity index (χ3n) is 2.52. The summed E-state index contributed by atoms with van der Waals surface area (Å²) in [4.78, 5) is 23.7. The number of nitriles is 1. The lowest BCUT2D eigenvalue weighted by Gasteiger charge is -2.10. The number of rotatable bonds is 5. The van der Waals surface area contributed by atoms with E-state index >= 15 is 0 Å². The van der Waals surface area contributed by atoms with Gasteiger partial charge in [-0.3, -0.25) is 4.79 Å². The topological polar surface area (TPSA) is 67.2 Å². The molecule has 0 fully saturated rings. The summed E-state index contributed by atoms with van der Waals surface area (Å²) in [6.45, 7) is 3.68. The number of nitrogens with zero attached hydrogens (tertiary/aromatic N) is 1. The fraction of sp³-hybridized carbons (Fsp3) is 0.357. The monoisotopic (exact) mass is 245 g/mol. The fourth-order valence-electron chi connectivity index (χ4n) is 1.72. The van der Waals surface area contributed by atoms with Gasteiger partial charge in [0.15, 0.2) is 5.78 Å². The Morgan fingerprint density at radius 2 is 2.06 bits per heavy atom. The molecule has 1 aromatic rings. The molecule has 18 heavy (non-hydrogen) atoms. The molecule has 0 saturated carbocycles. The molecule has 0 aliphatic rings. The molecule has 1 aromatic carbocycles. The molecule has 0 bridgehead atoms. The molecule has 0 unspecified atom stereocenters. The average Bonchev–Trinajstić information content (AvgIpc) is 2.38. The number of Topliss-reactive ketones (excluding diaryl/α,β-unsaturated/α-hetero) is 1. The standard InChI is InChI=1S/C14H15NO3/c1-3-12(16)13-10(8-9-15)6-5-7-11(13)14(17)18-4-2/h5-7H,3-4,8H2,1-2H3. The van der Waals surface area contributed by atoms with Crippen LogP contribution in [0.3, 0.4) is 0 Å². The smallest absolute Gasteiger partial charge is 0.338 e. The summed E-state index contributed by atoms with van der Waals surface area (Å²) in [5.74, 6) is -0.669. The van der Waals surface area contributed by atoms with Crippen LogP contribution in [-0.2, 0) is 11.2 Å². The second-order valence-electron chi connectivity index (χ2n) is 3.67. The van der Waals surface area contributed by atoms with Crippen molar-refractivity contribution in [2.75, 3.05) is 6.61 Å². The molecular weight excluding hydrogens is 230 g/mol. The van der Waals surface area contributed by atoms with Gasteiger partial charge in [0.1, 0.15) is 0 Å². The highest BCUT2D eigenvalue weighted by Gasteiger charge is 2.20. The van der Waals surface area contributed by atoms with Gasteiger partial charge < -0.3 is 4.74 Å². The lowest BCUT2D eigenvalue weighted by Crippen LogP contribution is -2.14. The Morgan fingerprint density at radius 1 is 1.33 bits per heavy atom. The third kappa shape index (κ3) is 2.95. The van der Waals surface area contributed by atoms with Crippen LogP contribution in [0, 0.1) is 11.3 Å². The Kier molecular flexibility index (Phi) is 5.06. The van der Waals surface area contributed by atoms with E-state index in [1.165, 1.54) is 0 Å². The minimum Gasteiger partial charge on any atom is -0.462 e.